The number of hydrogen-bond acceptors (Lipinski definition) is 8. The summed E-state index contributed by atoms with van der Waals surface area (Å²) in [6, 6.07) is 0. The van der Waals surface area contributed by atoms with Crippen molar-refractivity contribution in [1.29, 1.82) is 0 Å². The van der Waals surface area contributed by atoms with Crippen LogP contribution in [0.3, 0.4) is 0 Å². The first-order valence-corrected chi connectivity index (χ1v) is 26.3. The van der Waals surface area contributed by atoms with Crippen LogP contribution in [0.4, 0.5) is 0 Å². The van der Waals surface area contributed by atoms with Crippen LogP contribution in [0.2, 0.25) is 0 Å². The maximum absolute atomic E-state index is 12.6. The largest absolute Gasteiger partial charge is 0.472 e. The first kappa shape index (κ1) is 57.5. The van der Waals surface area contributed by atoms with E-state index in [0.29, 0.717) is 6.42 Å². The Kier molecular flexibility index (Phi) is 44.8. The normalized spacial score (nSPS) is 13.4. The van der Waals surface area contributed by atoms with E-state index in [9.17, 15) is 19.0 Å². The molecule has 0 amide bonds. The Labute approximate surface area is 363 Å². The molecular formula is C49H94NO8P. The molecule has 0 aliphatic heterocycles. The molecule has 0 saturated heterocycles. The summed E-state index contributed by atoms with van der Waals surface area (Å²) in [5.74, 6) is -0.820. The number of phosphoric ester groups is 1. The van der Waals surface area contributed by atoms with Gasteiger partial charge in [-0.05, 0) is 44.9 Å². The minimum atomic E-state index is -4.38. The summed E-state index contributed by atoms with van der Waals surface area (Å²) in [6.07, 6.45) is 50.6. The van der Waals surface area contributed by atoms with E-state index >= 15 is 0 Å². The number of rotatable bonds is 47. The van der Waals surface area contributed by atoms with E-state index in [0.717, 1.165) is 51.4 Å². The molecule has 348 valence electrons. The second kappa shape index (κ2) is 46.0. The second-order valence-electron chi connectivity index (χ2n) is 16.7. The van der Waals surface area contributed by atoms with Gasteiger partial charge in [0.2, 0.25) is 0 Å². The van der Waals surface area contributed by atoms with Crippen molar-refractivity contribution in [2.75, 3.05) is 26.4 Å². The molecule has 0 heterocycles. The molecule has 59 heavy (non-hydrogen) atoms. The number of unbranched alkanes of at least 4 members (excludes halogenated alkanes) is 30. The molecular weight excluding hydrogens is 762 g/mol. The summed E-state index contributed by atoms with van der Waals surface area (Å²) in [4.78, 5) is 35.0. The number of allylic oxidation sites excluding steroid dienone is 4. The van der Waals surface area contributed by atoms with Gasteiger partial charge in [0.25, 0.3) is 0 Å². The van der Waals surface area contributed by atoms with E-state index in [4.69, 9.17) is 24.3 Å². The van der Waals surface area contributed by atoms with Gasteiger partial charge in [-0.2, -0.15) is 0 Å². The molecule has 0 radical (unpaired) electrons. The molecule has 3 N–H and O–H groups in total. The van der Waals surface area contributed by atoms with Crippen LogP contribution in [0.1, 0.15) is 245 Å². The Morgan fingerprint density at radius 2 is 0.881 bits per heavy atom. The molecule has 2 unspecified atom stereocenters. The van der Waals surface area contributed by atoms with Crippen LogP contribution in [0.5, 0.6) is 0 Å². The number of ether oxygens (including phenoxy) is 2. The lowest BCUT2D eigenvalue weighted by Crippen LogP contribution is -2.29. The number of esters is 2. The van der Waals surface area contributed by atoms with E-state index in [1.807, 2.05) is 0 Å². The molecule has 0 saturated carbocycles. The minimum Gasteiger partial charge on any atom is -0.462 e. The molecule has 0 rings (SSSR count). The molecule has 10 heteroatoms. The topological polar surface area (TPSA) is 134 Å². The summed E-state index contributed by atoms with van der Waals surface area (Å²) in [6.45, 7) is 3.75. The molecule has 0 aromatic heterocycles. The maximum atomic E-state index is 12.6. The molecule has 2 atom stereocenters. The lowest BCUT2D eigenvalue weighted by molar-refractivity contribution is -0.161. The quantitative estimate of drug-likeness (QED) is 0.0265. The van der Waals surface area contributed by atoms with E-state index in [1.54, 1.807) is 0 Å². The van der Waals surface area contributed by atoms with Gasteiger partial charge in [0.15, 0.2) is 6.10 Å². The summed E-state index contributed by atoms with van der Waals surface area (Å²) >= 11 is 0. The molecule has 0 aromatic carbocycles. The number of carbonyl (C=O) groups excluding carboxylic acids is 2. The van der Waals surface area contributed by atoms with Gasteiger partial charge in [-0.15, -0.1) is 0 Å². The highest BCUT2D eigenvalue weighted by Crippen LogP contribution is 2.43. The summed E-state index contributed by atoms with van der Waals surface area (Å²) in [7, 11) is -4.38. The van der Waals surface area contributed by atoms with Gasteiger partial charge in [0, 0.05) is 19.4 Å². The first-order chi connectivity index (χ1) is 28.8. The maximum Gasteiger partial charge on any atom is 0.472 e. The van der Waals surface area contributed by atoms with Crippen molar-refractivity contribution in [3.63, 3.8) is 0 Å². The van der Waals surface area contributed by atoms with Gasteiger partial charge in [-0.3, -0.25) is 18.6 Å². The fraction of sp³-hybridized carbons (Fsp3) is 0.878. The zero-order chi connectivity index (χ0) is 43.2. The van der Waals surface area contributed by atoms with Gasteiger partial charge >= 0.3 is 19.8 Å². The van der Waals surface area contributed by atoms with Crippen molar-refractivity contribution in [3.8, 4) is 0 Å². The fourth-order valence-corrected chi connectivity index (χ4v) is 7.90. The first-order valence-electron chi connectivity index (χ1n) is 24.8. The van der Waals surface area contributed by atoms with E-state index < -0.39 is 26.5 Å². The lowest BCUT2D eigenvalue weighted by atomic mass is 10.0. The SMILES string of the molecule is CCCCCC=CCC=CCCCCCCCCCCCC(=O)OC(COC(=O)CCCCCCCCCCCCCCCCCCCCC)COP(=O)(O)OCCN. The summed E-state index contributed by atoms with van der Waals surface area (Å²) in [5.41, 5.74) is 5.36. The Hall–Kier alpha value is -1.51. The molecule has 9 nitrogen and oxygen atoms in total. The standard InChI is InChI=1S/C49H94NO8P/c1-3-5-7-9-11-13-15-17-19-21-23-25-27-29-31-33-35-37-39-41-48(51)55-45-47(46-57-59(53,54)56-44-43-50)58-49(52)42-40-38-36-34-32-30-28-26-24-22-20-18-16-14-12-10-8-6-4-2/h12,14,18,20,47H,3-11,13,15-17,19,21-46,50H2,1-2H3,(H,53,54). The highest BCUT2D eigenvalue weighted by Gasteiger charge is 2.26. The van der Waals surface area contributed by atoms with Crippen LogP contribution >= 0.6 is 7.82 Å². The van der Waals surface area contributed by atoms with Crippen LogP contribution in [-0.2, 0) is 32.7 Å². The molecule has 0 aromatic rings. The zero-order valence-electron chi connectivity index (χ0n) is 38.5. The van der Waals surface area contributed by atoms with E-state index in [1.165, 1.54) is 161 Å². The summed E-state index contributed by atoms with van der Waals surface area (Å²) in [5, 5.41) is 0. The van der Waals surface area contributed by atoms with Gasteiger partial charge in [-0.1, -0.05) is 212 Å². The third-order valence-corrected chi connectivity index (χ3v) is 11.8. The Morgan fingerprint density at radius 1 is 0.508 bits per heavy atom. The minimum absolute atomic E-state index is 0.0546. The van der Waals surface area contributed by atoms with Crippen LogP contribution in [0.15, 0.2) is 24.3 Å². The third kappa shape index (κ3) is 45.8. The van der Waals surface area contributed by atoms with Crippen molar-refractivity contribution in [2.45, 2.75) is 251 Å². The third-order valence-electron chi connectivity index (χ3n) is 10.8. The van der Waals surface area contributed by atoms with Crippen LogP contribution in [-0.4, -0.2) is 49.3 Å². The monoisotopic (exact) mass is 856 g/mol. The summed E-state index contributed by atoms with van der Waals surface area (Å²) < 4.78 is 32.9. The average molecular weight is 856 g/mol. The van der Waals surface area contributed by atoms with Gasteiger partial charge in [0.05, 0.1) is 13.2 Å². The highest BCUT2D eigenvalue weighted by atomic mass is 31.2. The lowest BCUT2D eigenvalue weighted by Gasteiger charge is -2.19. The Morgan fingerprint density at radius 3 is 1.32 bits per heavy atom. The van der Waals surface area contributed by atoms with Crippen molar-refractivity contribution in [2.24, 2.45) is 5.73 Å². The number of nitrogens with two attached hydrogens (primary N) is 1. The predicted octanol–water partition coefficient (Wildman–Crippen LogP) is 14.7. The smallest absolute Gasteiger partial charge is 0.462 e. The van der Waals surface area contributed by atoms with Crippen molar-refractivity contribution in [1.82, 2.24) is 0 Å². The average Bonchev–Trinajstić information content (AvgIpc) is 3.22. The van der Waals surface area contributed by atoms with E-state index in [2.05, 4.69) is 38.2 Å². The molecule has 0 bridgehead atoms. The van der Waals surface area contributed by atoms with Gasteiger partial charge in [-0.25, -0.2) is 4.57 Å². The van der Waals surface area contributed by atoms with Crippen LogP contribution in [0.25, 0.3) is 0 Å². The number of hydrogen-bond donors (Lipinski definition) is 2. The fourth-order valence-electron chi connectivity index (χ4n) is 7.14. The Bertz CT molecular complexity index is 1020. The van der Waals surface area contributed by atoms with Crippen molar-refractivity contribution in [3.05, 3.63) is 24.3 Å². The second-order valence-corrected chi connectivity index (χ2v) is 18.1. The number of phosphoric acid groups is 1. The van der Waals surface area contributed by atoms with E-state index in [-0.39, 0.29) is 38.6 Å². The van der Waals surface area contributed by atoms with Gasteiger partial charge < -0.3 is 20.1 Å². The number of carbonyl (C=O) groups is 2. The van der Waals surface area contributed by atoms with Crippen LogP contribution in [0, 0.1) is 0 Å². The van der Waals surface area contributed by atoms with Gasteiger partial charge in [0.1, 0.15) is 6.61 Å². The van der Waals surface area contributed by atoms with Crippen molar-refractivity contribution >= 4 is 19.8 Å². The zero-order valence-corrected chi connectivity index (χ0v) is 39.4. The molecule has 0 fully saturated rings. The van der Waals surface area contributed by atoms with Crippen LogP contribution < -0.4 is 5.73 Å². The van der Waals surface area contributed by atoms with Crippen molar-refractivity contribution < 1.29 is 37.6 Å². The predicted molar refractivity (Wildman–Crippen MR) is 247 cm³/mol. The highest BCUT2D eigenvalue weighted by molar-refractivity contribution is 7.47. The Balaban J connectivity index is 4.04. The molecule has 0 aliphatic carbocycles. The molecule has 0 aliphatic rings. The molecule has 0 spiro atoms.